The second-order valence-electron chi connectivity index (χ2n) is 2.18. The summed E-state index contributed by atoms with van der Waals surface area (Å²) >= 11 is 5.63. The van der Waals surface area contributed by atoms with Gasteiger partial charge in [0.15, 0.2) is 6.07 Å². The van der Waals surface area contributed by atoms with E-state index in [0.29, 0.717) is 5.15 Å². The van der Waals surface area contributed by atoms with Crippen molar-refractivity contribution in [2.45, 2.75) is 6.92 Å². The molecular formula is C9H5ClN2. The summed E-state index contributed by atoms with van der Waals surface area (Å²) < 4.78 is 0. The molecule has 0 fully saturated rings. The fraction of sp³-hybridized carbons (Fsp3) is 0.111. The van der Waals surface area contributed by atoms with E-state index in [-0.39, 0.29) is 0 Å². The average Bonchev–Trinajstić information content (AvgIpc) is 2.03. The molecule has 3 heteroatoms. The van der Waals surface area contributed by atoms with Gasteiger partial charge in [-0.15, -0.1) is 0 Å². The quantitative estimate of drug-likeness (QED) is 0.447. The van der Waals surface area contributed by atoms with Crippen LogP contribution in [0.25, 0.3) is 0 Å². The topological polar surface area (TPSA) is 36.7 Å². The van der Waals surface area contributed by atoms with Gasteiger partial charge >= 0.3 is 0 Å². The van der Waals surface area contributed by atoms with Crippen LogP contribution in [0, 0.1) is 30.1 Å². The zero-order valence-corrected chi connectivity index (χ0v) is 7.18. The van der Waals surface area contributed by atoms with Crippen molar-refractivity contribution in [3.8, 4) is 17.9 Å². The molecule has 0 bridgehead atoms. The van der Waals surface area contributed by atoms with Crippen molar-refractivity contribution in [1.29, 1.82) is 5.26 Å². The van der Waals surface area contributed by atoms with Gasteiger partial charge in [0.05, 0.1) is 0 Å². The number of nitriles is 1. The monoisotopic (exact) mass is 176 g/mol. The van der Waals surface area contributed by atoms with Gasteiger partial charge in [-0.05, 0) is 24.5 Å². The van der Waals surface area contributed by atoms with Gasteiger partial charge in [-0.3, -0.25) is 0 Å². The SMILES string of the molecule is Cc1cc(Cl)ncc1C#CC#N. The van der Waals surface area contributed by atoms with Crippen LogP contribution in [-0.4, -0.2) is 4.98 Å². The Kier molecular flexibility index (Phi) is 2.69. The van der Waals surface area contributed by atoms with Crippen molar-refractivity contribution >= 4 is 11.6 Å². The molecule has 0 atom stereocenters. The molecule has 0 aromatic carbocycles. The lowest BCUT2D eigenvalue weighted by Crippen LogP contribution is -1.84. The van der Waals surface area contributed by atoms with Crippen molar-refractivity contribution in [2.24, 2.45) is 0 Å². The second-order valence-corrected chi connectivity index (χ2v) is 2.57. The standard InChI is InChI=1S/C9H5ClN2/c1-7-5-9(10)12-6-8(7)3-2-4-11/h5-6H,1H3. The maximum absolute atomic E-state index is 8.20. The van der Waals surface area contributed by atoms with Gasteiger partial charge in [0.2, 0.25) is 0 Å². The minimum absolute atomic E-state index is 0.440. The third-order valence-electron chi connectivity index (χ3n) is 1.33. The minimum Gasteiger partial charge on any atom is -0.243 e. The Bertz CT molecular complexity index is 393. The second kappa shape index (κ2) is 3.76. The molecule has 1 heterocycles. The molecule has 0 N–H and O–H groups in total. The van der Waals surface area contributed by atoms with Crippen molar-refractivity contribution in [3.05, 3.63) is 28.5 Å². The van der Waals surface area contributed by atoms with Gasteiger partial charge in [0.1, 0.15) is 5.15 Å². The van der Waals surface area contributed by atoms with Crippen molar-refractivity contribution in [1.82, 2.24) is 4.98 Å². The number of hydrogen-bond acceptors (Lipinski definition) is 2. The average molecular weight is 177 g/mol. The molecule has 0 aliphatic carbocycles. The third kappa shape index (κ3) is 1.99. The Morgan fingerprint density at radius 1 is 1.58 bits per heavy atom. The van der Waals surface area contributed by atoms with E-state index in [2.05, 4.69) is 16.8 Å². The first-order valence-electron chi connectivity index (χ1n) is 3.26. The van der Waals surface area contributed by atoms with Crippen LogP contribution in [0.1, 0.15) is 11.1 Å². The van der Waals surface area contributed by atoms with Crippen LogP contribution in [-0.2, 0) is 0 Å². The summed E-state index contributed by atoms with van der Waals surface area (Å²) in [7, 11) is 0. The zero-order chi connectivity index (χ0) is 8.97. The highest BCUT2D eigenvalue weighted by Crippen LogP contribution is 2.10. The lowest BCUT2D eigenvalue weighted by molar-refractivity contribution is 1.27. The molecule has 0 saturated carbocycles. The molecule has 0 saturated heterocycles. The maximum Gasteiger partial charge on any atom is 0.152 e. The number of rotatable bonds is 0. The number of nitrogens with zero attached hydrogens (tertiary/aromatic N) is 2. The normalized spacial score (nSPS) is 8.08. The Morgan fingerprint density at radius 3 is 2.92 bits per heavy atom. The molecule has 1 aromatic heterocycles. The molecule has 0 unspecified atom stereocenters. The van der Waals surface area contributed by atoms with Crippen LogP contribution in [0.5, 0.6) is 0 Å². The van der Waals surface area contributed by atoms with E-state index in [4.69, 9.17) is 16.9 Å². The zero-order valence-electron chi connectivity index (χ0n) is 6.43. The summed E-state index contributed by atoms with van der Waals surface area (Å²) in [6.07, 6.45) is 1.56. The van der Waals surface area contributed by atoms with Crippen LogP contribution < -0.4 is 0 Å². The van der Waals surface area contributed by atoms with Crippen LogP contribution in [0.3, 0.4) is 0 Å². The first kappa shape index (κ1) is 8.59. The highest BCUT2D eigenvalue weighted by atomic mass is 35.5. The molecular weight excluding hydrogens is 172 g/mol. The maximum atomic E-state index is 8.20. The first-order valence-corrected chi connectivity index (χ1v) is 3.64. The Hall–Kier alpha value is -1.51. The van der Waals surface area contributed by atoms with Gasteiger partial charge in [0, 0.05) is 17.7 Å². The van der Waals surface area contributed by atoms with Crippen LogP contribution >= 0.6 is 11.6 Å². The molecule has 0 spiro atoms. The summed E-state index contributed by atoms with van der Waals surface area (Å²) in [5, 5.41) is 8.64. The predicted octanol–water partition coefficient (Wildman–Crippen LogP) is 1.92. The summed E-state index contributed by atoms with van der Waals surface area (Å²) in [6, 6.07) is 3.45. The molecule has 0 amide bonds. The third-order valence-corrected chi connectivity index (χ3v) is 1.54. The van der Waals surface area contributed by atoms with Crippen LogP contribution in [0.2, 0.25) is 5.15 Å². The highest BCUT2D eigenvalue weighted by Gasteiger charge is 1.95. The van der Waals surface area contributed by atoms with Gasteiger partial charge in [0.25, 0.3) is 0 Å². The molecule has 1 aromatic rings. The summed E-state index contributed by atoms with van der Waals surface area (Å²) in [6.45, 7) is 1.87. The van der Waals surface area contributed by atoms with E-state index in [1.807, 2.05) is 6.92 Å². The van der Waals surface area contributed by atoms with Crippen LogP contribution in [0.15, 0.2) is 12.3 Å². The number of pyridine rings is 1. The number of halogens is 1. The summed E-state index contributed by atoms with van der Waals surface area (Å²) in [5.74, 6) is 4.95. The van der Waals surface area contributed by atoms with Gasteiger partial charge in [-0.2, -0.15) is 5.26 Å². The van der Waals surface area contributed by atoms with Crippen molar-refractivity contribution < 1.29 is 0 Å². The first-order chi connectivity index (χ1) is 5.74. The molecule has 0 aliphatic rings. The van der Waals surface area contributed by atoms with Gasteiger partial charge in [-0.25, -0.2) is 4.98 Å². The molecule has 58 valence electrons. The van der Waals surface area contributed by atoms with E-state index in [1.54, 1.807) is 18.3 Å². The largest absolute Gasteiger partial charge is 0.243 e. The Labute approximate surface area is 75.8 Å². The van der Waals surface area contributed by atoms with E-state index in [0.717, 1.165) is 11.1 Å². The molecule has 0 aliphatic heterocycles. The van der Waals surface area contributed by atoms with E-state index in [9.17, 15) is 0 Å². The number of aryl methyl sites for hydroxylation is 1. The lowest BCUT2D eigenvalue weighted by atomic mass is 10.2. The molecule has 1 rings (SSSR count). The summed E-state index contributed by atoms with van der Waals surface area (Å²) in [4.78, 5) is 3.85. The molecule has 0 radical (unpaired) electrons. The smallest absolute Gasteiger partial charge is 0.152 e. The van der Waals surface area contributed by atoms with E-state index < -0.39 is 0 Å². The highest BCUT2D eigenvalue weighted by molar-refractivity contribution is 6.29. The van der Waals surface area contributed by atoms with E-state index >= 15 is 0 Å². The Balaban J connectivity index is 3.12. The van der Waals surface area contributed by atoms with Crippen molar-refractivity contribution in [2.75, 3.05) is 0 Å². The lowest BCUT2D eigenvalue weighted by Gasteiger charge is -1.95. The number of aromatic nitrogens is 1. The number of hydrogen-bond donors (Lipinski definition) is 0. The fourth-order valence-electron chi connectivity index (χ4n) is 0.748. The van der Waals surface area contributed by atoms with Crippen molar-refractivity contribution in [3.63, 3.8) is 0 Å². The Morgan fingerprint density at radius 2 is 2.33 bits per heavy atom. The van der Waals surface area contributed by atoms with Crippen LogP contribution in [0.4, 0.5) is 0 Å². The molecule has 2 nitrogen and oxygen atoms in total. The minimum atomic E-state index is 0.440. The van der Waals surface area contributed by atoms with E-state index in [1.165, 1.54) is 0 Å². The summed E-state index contributed by atoms with van der Waals surface area (Å²) in [5.41, 5.74) is 1.67. The predicted molar refractivity (Wildman–Crippen MR) is 46.5 cm³/mol. The van der Waals surface area contributed by atoms with Gasteiger partial charge < -0.3 is 0 Å². The fourth-order valence-corrected chi connectivity index (χ4v) is 0.960. The molecule has 12 heavy (non-hydrogen) atoms. The van der Waals surface area contributed by atoms with Gasteiger partial charge in [-0.1, -0.05) is 11.6 Å².